The molecule has 92 valence electrons. The van der Waals surface area contributed by atoms with E-state index in [0.717, 1.165) is 31.3 Å². The zero-order valence-electron chi connectivity index (χ0n) is 10.5. The van der Waals surface area contributed by atoms with Crippen molar-refractivity contribution in [3.8, 4) is 0 Å². The van der Waals surface area contributed by atoms with E-state index in [0.29, 0.717) is 12.5 Å². The highest BCUT2D eigenvalue weighted by molar-refractivity contribution is 5.88. The molecular formula is C13H23NO2. The minimum absolute atomic E-state index is 0.105. The molecule has 2 N–H and O–H groups in total. The number of amides is 1. The van der Waals surface area contributed by atoms with Crippen LogP contribution in [0.5, 0.6) is 0 Å². The van der Waals surface area contributed by atoms with E-state index >= 15 is 0 Å². The van der Waals surface area contributed by atoms with Gasteiger partial charge in [0.25, 0.3) is 0 Å². The van der Waals surface area contributed by atoms with Crippen molar-refractivity contribution in [3.05, 3.63) is 11.6 Å². The summed E-state index contributed by atoms with van der Waals surface area (Å²) in [4.78, 5) is 11.4. The van der Waals surface area contributed by atoms with Crippen LogP contribution in [-0.4, -0.2) is 23.2 Å². The highest BCUT2D eigenvalue weighted by Gasteiger charge is 2.31. The monoisotopic (exact) mass is 225 g/mol. The largest absolute Gasteiger partial charge is 0.388 e. The van der Waals surface area contributed by atoms with Crippen LogP contribution in [0.2, 0.25) is 0 Å². The van der Waals surface area contributed by atoms with Crippen molar-refractivity contribution >= 4 is 5.91 Å². The normalized spacial score (nSPS) is 29.6. The first-order valence-electron chi connectivity index (χ1n) is 6.06. The third-order valence-electron chi connectivity index (χ3n) is 3.22. The number of rotatable bonds is 3. The number of hydrogen-bond donors (Lipinski definition) is 2. The average molecular weight is 225 g/mol. The Morgan fingerprint density at radius 1 is 1.44 bits per heavy atom. The van der Waals surface area contributed by atoms with Gasteiger partial charge in [-0.05, 0) is 45.4 Å². The minimum Gasteiger partial charge on any atom is -0.388 e. The molecule has 1 saturated carbocycles. The summed E-state index contributed by atoms with van der Waals surface area (Å²) < 4.78 is 0. The molecule has 1 aliphatic carbocycles. The lowest BCUT2D eigenvalue weighted by molar-refractivity contribution is -0.118. The van der Waals surface area contributed by atoms with Crippen molar-refractivity contribution in [3.63, 3.8) is 0 Å². The lowest BCUT2D eigenvalue weighted by Gasteiger charge is -2.34. The third-order valence-corrected chi connectivity index (χ3v) is 3.22. The van der Waals surface area contributed by atoms with Crippen LogP contribution in [-0.2, 0) is 4.79 Å². The van der Waals surface area contributed by atoms with Crippen LogP contribution in [0, 0.1) is 5.92 Å². The van der Waals surface area contributed by atoms with Crippen LogP contribution in [0.4, 0.5) is 0 Å². The summed E-state index contributed by atoms with van der Waals surface area (Å²) in [7, 11) is 0. The van der Waals surface area contributed by atoms with E-state index in [9.17, 15) is 9.90 Å². The van der Waals surface area contributed by atoms with Crippen LogP contribution in [0.3, 0.4) is 0 Å². The van der Waals surface area contributed by atoms with Gasteiger partial charge in [-0.25, -0.2) is 0 Å². The van der Waals surface area contributed by atoms with Gasteiger partial charge in [-0.2, -0.15) is 0 Å². The summed E-state index contributed by atoms with van der Waals surface area (Å²) in [6.07, 6.45) is 5.26. The highest BCUT2D eigenvalue weighted by atomic mass is 16.3. The molecule has 0 heterocycles. The molecule has 0 bridgehead atoms. The molecule has 0 radical (unpaired) electrons. The SMILES string of the molecule is CC(C)=CC(=O)NCC1(O)CCC(C)CC1. The van der Waals surface area contributed by atoms with Crippen LogP contribution in [0.1, 0.15) is 46.5 Å². The lowest BCUT2D eigenvalue weighted by atomic mass is 9.79. The van der Waals surface area contributed by atoms with Crippen LogP contribution in [0.15, 0.2) is 11.6 Å². The topological polar surface area (TPSA) is 49.3 Å². The Morgan fingerprint density at radius 3 is 2.50 bits per heavy atom. The molecule has 0 aromatic heterocycles. The van der Waals surface area contributed by atoms with E-state index in [1.807, 2.05) is 13.8 Å². The van der Waals surface area contributed by atoms with Crippen molar-refractivity contribution in [2.24, 2.45) is 5.92 Å². The lowest BCUT2D eigenvalue weighted by Crippen LogP contribution is -2.44. The number of hydrogen-bond acceptors (Lipinski definition) is 2. The number of nitrogens with one attached hydrogen (secondary N) is 1. The van der Waals surface area contributed by atoms with Crippen LogP contribution < -0.4 is 5.32 Å². The van der Waals surface area contributed by atoms with E-state index in [4.69, 9.17) is 0 Å². The van der Waals surface area contributed by atoms with Gasteiger partial charge in [0.15, 0.2) is 0 Å². The fraction of sp³-hybridized carbons (Fsp3) is 0.769. The molecule has 0 aromatic carbocycles. The molecular weight excluding hydrogens is 202 g/mol. The zero-order valence-corrected chi connectivity index (χ0v) is 10.5. The summed E-state index contributed by atoms with van der Waals surface area (Å²) in [6.45, 7) is 6.36. The van der Waals surface area contributed by atoms with Crippen molar-refractivity contribution in [1.82, 2.24) is 5.32 Å². The van der Waals surface area contributed by atoms with E-state index in [1.54, 1.807) is 6.08 Å². The first kappa shape index (κ1) is 13.2. The standard InChI is InChI=1S/C13H23NO2/c1-10(2)8-12(15)14-9-13(16)6-4-11(3)5-7-13/h8,11,16H,4-7,9H2,1-3H3,(H,14,15). The summed E-state index contributed by atoms with van der Waals surface area (Å²) in [5.74, 6) is 0.598. The number of carbonyl (C=O) groups excluding carboxylic acids is 1. The van der Waals surface area contributed by atoms with Gasteiger partial charge in [0.2, 0.25) is 5.91 Å². The fourth-order valence-electron chi connectivity index (χ4n) is 2.04. The zero-order chi connectivity index (χ0) is 12.2. The van der Waals surface area contributed by atoms with Crippen molar-refractivity contribution in [1.29, 1.82) is 0 Å². The van der Waals surface area contributed by atoms with E-state index in [2.05, 4.69) is 12.2 Å². The first-order chi connectivity index (χ1) is 7.41. The Balaban J connectivity index is 2.37. The summed E-state index contributed by atoms with van der Waals surface area (Å²) in [5.41, 5.74) is 0.291. The Hall–Kier alpha value is -0.830. The quantitative estimate of drug-likeness (QED) is 0.722. The molecule has 0 atom stereocenters. The number of carbonyl (C=O) groups is 1. The van der Waals surface area contributed by atoms with Gasteiger partial charge in [0, 0.05) is 12.6 Å². The van der Waals surface area contributed by atoms with Crippen LogP contribution in [0.25, 0.3) is 0 Å². The molecule has 1 fully saturated rings. The van der Waals surface area contributed by atoms with Gasteiger partial charge in [-0.1, -0.05) is 12.5 Å². The molecule has 3 nitrogen and oxygen atoms in total. The van der Waals surface area contributed by atoms with E-state index in [-0.39, 0.29) is 5.91 Å². The van der Waals surface area contributed by atoms with Gasteiger partial charge in [-0.15, -0.1) is 0 Å². The van der Waals surface area contributed by atoms with Gasteiger partial charge < -0.3 is 10.4 Å². The van der Waals surface area contributed by atoms with Gasteiger partial charge in [0.05, 0.1) is 5.60 Å². The average Bonchev–Trinajstić information content (AvgIpc) is 2.20. The van der Waals surface area contributed by atoms with Gasteiger partial charge in [0.1, 0.15) is 0 Å². The highest BCUT2D eigenvalue weighted by Crippen LogP contribution is 2.31. The fourth-order valence-corrected chi connectivity index (χ4v) is 2.04. The van der Waals surface area contributed by atoms with Crippen LogP contribution >= 0.6 is 0 Å². The number of allylic oxidation sites excluding steroid dienone is 1. The maximum absolute atomic E-state index is 11.4. The number of aliphatic hydroxyl groups is 1. The Bertz CT molecular complexity index is 272. The smallest absolute Gasteiger partial charge is 0.244 e. The molecule has 16 heavy (non-hydrogen) atoms. The van der Waals surface area contributed by atoms with Crippen molar-refractivity contribution in [2.75, 3.05) is 6.54 Å². The van der Waals surface area contributed by atoms with E-state index < -0.39 is 5.60 Å². The maximum Gasteiger partial charge on any atom is 0.244 e. The molecule has 0 spiro atoms. The molecule has 1 aliphatic rings. The molecule has 0 aliphatic heterocycles. The second-order valence-corrected chi connectivity index (χ2v) is 5.35. The predicted octanol–water partition coefficient (Wildman–Crippen LogP) is 2.01. The van der Waals surface area contributed by atoms with Gasteiger partial charge >= 0.3 is 0 Å². The molecule has 0 unspecified atom stereocenters. The maximum atomic E-state index is 11.4. The van der Waals surface area contributed by atoms with E-state index in [1.165, 1.54) is 0 Å². The Kier molecular flexibility index (Phi) is 4.54. The minimum atomic E-state index is -0.683. The second kappa shape index (κ2) is 5.48. The molecule has 1 amide bonds. The molecule has 3 heteroatoms. The summed E-state index contributed by atoms with van der Waals surface area (Å²) in [6, 6.07) is 0. The second-order valence-electron chi connectivity index (χ2n) is 5.35. The van der Waals surface area contributed by atoms with Gasteiger partial charge in [-0.3, -0.25) is 4.79 Å². The van der Waals surface area contributed by atoms with Crippen molar-refractivity contribution < 1.29 is 9.90 Å². The predicted molar refractivity (Wildman–Crippen MR) is 65.0 cm³/mol. The first-order valence-corrected chi connectivity index (χ1v) is 6.06. The third kappa shape index (κ3) is 4.35. The Morgan fingerprint density at radius 2 is 2.00 bits per heavy atom. The molecule has 0 aromatic rings. The summed E-state index contributed by atoms with van der Waals surface area (Å²) >= 11 is 0. The molecule has 0 saturated heterocycles. The van der Waals surface area contributed by atoms with Crippen molar-refractivity contribution in [2.45, 2.75) is 52.1 Å². The molecule has 1 rings (SSSR count). The Labute approximate surface area is 97.9 Å². The summed E-state index contributed by atoms with van der Waals surface area (Å²) in [5, 5.41) is 13.0.